The van der Waals surface area contributed by atoms with Gasteiger partial charge in [-0.2, -0.15) is 0 Å². The van der Waals surface area contributed by atoms with E-state index in [-0.39, 0.29) is 0 Å². The lowest BCUT2D eigenvalue weighted by atomic mass is 10.3. The summed E-state index contributed by atoms with van der Waals surface area (Å²) in [6.07, 6.45) is 3.05. The van der Waals surface area contributed by atoms with E-state index in [1.807, 2.05) is 12.1 Å². The molecule has 0 aliphatic heterocycles. The zero-order valence-electron chi connectivity index (χ0n) is 7.41. The van der Waals surface area contributed by atoms with Crippen molar-refractivity contribution >= 4 is 5.52 Å². The van der Waals surface area contributed by atoms with E-state index in [0.29, 0.717) is 0 Å². The van der Waals surface area contributed by atoms with Crippen LogP contribution < -0.4 is 0 Å². The van der Waals surface area contributed by atoms with E-state index < -0.39 is 0 Å². The van der Waals surface area contributed by atoms with Gasteiger partial charge in [0.15, 0.2) is 0 Å². The Hall–Kier alpha value is -1.31. The first kappa shape index (κ1) is 7.35. The smallest absolute Gasteiger partial charge is 0.113 e. The van der Waals surface area contributed by atoms with Crippen molar-refractivity contribution in [2.45, 2.75) is 20.3 Å². The highest BCUT2D eigenvalue weighted by Crippen LogP contribution is 2.11. The van der Waals surface area contributed by atoms with Crippen LogP contribution in [0.2, 0.25) is 0 Å². The number of nitrogens with zero attached hydrogens (tertiary/aromatic N) is 2. The first-order chi connectivity index (χ1) is 5.83. The molecule has 2 aromatic heterocycles. The van der Waals surface area contributed by atoms with Crippen molar-refractivity contribution in [1.29, 1.82) is 0 Å². The molecule has 0 aliphatic rings. The van der Waals surface area contributed by atoms with E-state index in [2.05, 4.69) is 35.5 Å². The molecule has 0 saturated heterocycles. The van der Waals surface area contributed by atoms with Crippen molar-refractivity contribution in [1.82, 2.24) is 9.38 Å². The van der Waals surface area contributed by atoms with Crippen molar-refractivity contribution in [2.24, 2.45) is 0 Å². The van der Waals surface area contributed by atoms with Gasteiger partial charge in [-0.25, -0.2) is 4.98 Å². The van der Waals surface area contributed by atoms with Gasteiger partial charge in [-0.1, -0.05) is 13.0 Å². The van der Waals surface area contributed by atoms with Crippen molar-refractivity contribution in [3.05, 3.63) is 35.9 Å². The average Bonchev–Trinajstić information content (AvgIpc) is 2.44. The molecule has 0 unspecified atom stereocenters. The van der Waals surface area contributed by atoms with Gasteiger partial charge in [0.05, 0.1) is 11.2 Å². The van der Waals surface area contributed by atoms with E-state index in [9.17, 15) is 0 Å². The molecule has 0 aliphatic carbocycles. The van der Waals surface area contributed by atoms with Crippen LogP contribution in [-0.2, 0) is 6.42 Å². The average molecular weight is 160 g/mol. The zero-order chi connectivity index (χ0) is 8.55. The van der Waals surface area contributed by atoms with Crippen LogP contribution in [0.3, 0.4) is 0 Å². The predicted molar refractivity (Wildman–Crippen MR) is 49.3 cm³/mol. The fourth-order valence-electron chi connectivity index (χ4n) is 1.52. The van der Waals surface area contributed by atoms with E-state index in [0.717, 1.165) is 17.9 Å². The molecule has 2 heterocycles. The number of imidazole rings is 1. The molecule has 2 rings (SSSR count). The van der Waals surface area contributed by atoms with Crippen LogP contribution in [0.5, 0.6) is 0 Å². The summed E-state index contributed by atoms with van der Waals surface area (Å²) in [5.74, 6) is 1.14. The summed E-state index contributed by atoms with van der Waals surface area (Å²) in [5, 5.41) is 0. The van der Waals surface area contributed by atoms with Gasteiger partial charge in [0.2, 0.25) is 0 Å². The van der Waals surface area contributed by atoms with Crippen LogP contribution in [0.15, 0.2) is 24.4 Å². The standard InChI is InChI=1S/C10H12N2/c1-3-10-11-8(2)9-6-4-5-7-12(9)10/h4-7H,3H2,1-2H3. The number of rotatable bonds is 1. The van der Waals surface area contributed by atoms with Crippen LogP contribution in [0.4, 0.5) is 0 Å². The Labute approximate surface area is 71.9 Å². The molecular formula is C10H12N2. The number of hydrogen-bond acceptors (Lipinski definition) is 1. The lowest BCUT2D eigenvalue weighted by molar-refractivity contribution is 0.929. The van der Waals surface area contributed by atoms with Crippen LogP contribution in [0.1, 0.15) is 18.4 Å². The summed E-state index contributed by atoms with van der Waals surface area (Å²) in [5.41, 5.74) is 2.34. The lowest BCUT2D eigenvalue weighted by Gasteiger charge is -1.95. The maximum absolute atomic E-state index is 4.47. The first-order valence-electron chi connectivity index (χ1n) is 4.25. The third kappa shape index (κ3) is 0.916. The quantitative estimate of drug-likeness (QED) is 0.625. The lowest BCUT2D eigenvalue weighted by Crippen LogP contribution is -1.90. The summed E-state index contributed by atoms with van der Waals surface area (Å²) in [7, 11) is 0. The maximum atomic E-state index is 4.47. The first-order valence-corrected chi connectivity index (χ1v) is 4.25. The summed E-state index contributed by atoms with van der Waals surface area (Å²) < 4.78 is 2.15. The SMILES string of the molecule is CCc1nc(C)c2ccccn12. The normalized spacial score (nSPS) is 10.8. The molecule has 0 saturated carbocycles. The Morgan fingerprint density at radius 2 is 2.25 bits per heavy atom. The highest BCUT2D eigenvalue weighted by molar-refractivity contribution is 5.52. The molecule has 0 amide bonds. The van der Waals surface area contributed by atoms with Gasteiger partial charge in [0.25, 0.3) is 0 Å². The van der Waals surface area contributed by atoms with E-state index >= 15 is 0 Å². The van der Waals surface area contributed by atoms with E-state index in [4.69, 9.17) is 0 Å². The van der Waals surface area contributed by atoms with Crippen molar-refractivity contribution in [3.63, 3.8) is 0 Å². The molecule has 2 aromatic rings. The predicted octanol–water partition coefficient (Wildman–Crippen LogP) is 2.21. The van der Waals surface area contributed by atoms with Crippen molar-refractivity contribution in [3.8, 4) is 0 Å². The van der Waals surface area contributed by atoms with Gasteiger partial charge in [-0.05, 0) is 19.1 Å². The zero-order valence-corrected chi connectivity index (χ0v) is 7.41. The molecule has 0 bridgehead atoms. The molecule has 2 heteroatoms. The largest absolute Gasteiger partial charge is 0.303 e. The molecule has 0 spiro atoms. The summed E-state index contributed by atoms with van der Waals surface area (Å²) in [4.78, 5) is 4.47. The molecule has 0 atom stereocenters. The highest BCUT2D eigenvalue weighted by atomic mass is 15.0. The number of pyridine rings is 1. The second-order valence-corrected chi connectivity index (χ2v) is 2.92. The van der Waals surface area contributed by atoms with Gasteiger partial charge < -0.3 is 4.40 Å². The molecule has 12 heavy (non-hydrogen) atoms. The van der Waals surface area contributed by atoms with Gasteiger partial charge in [0.1, 0.15) is 5.82 Å². The van der Waals surface area contributed by atoms with Crippen LogP contribution in [-0.4, -0.2) is 9.38 Å². The summed E-state index contributed by atoms with van der Waals surface area (Å²) >= 11 is 0. The summed E-state index contributed by atoms with van der Waals surface area (Å²) in [6.45, 7) is 4.18. The van der Waals surface area contributed by atoms with E-state index in [1.54, 1.807) is 0 Å². The maximum Gasteiger partial charge on any atom is 0.113 e. The third-order valence-electron chi connectivity index (χ3n) is 2.12. The number of aryl methyl sites for hydroxylation is 2. The number of fused-ring (bicyclic) bond motifs is 1. The Morgan fingerprint density at radius 1 is 1.42 bits per heavy atom. The molecule has 0 aromatic carbocycles. The van der Waals surface area contributed by atoms with Gasteiger partial charge >= 0.3 is 0 Å². The van der Waals surface area contributed by atoms with Crippen LogP contribution in [0.25, 0.3) is 5.52 Å². The molecular weight excluding hydrogens is 148 g/mol. The molecule has 2 nitrogen and oxygen atoms in total. The third-order valence-corrected chi connectivity index (χ3v) is 2.12. The fraction of sp³-hybridized carbons (Fsp3) is 0.300. The Balaban J connectivity index is 2.82. The van der Waals surface area contributed by atoms with Crippen LogP contribution >= 0.6 is 0 Å². The molecule has 62 valence electrons. The second kappa shape index (κ2) is 2.63. The van der Waals surface area contributed by atoms with E-state index in [1.165, 1.54) is 5.52 Å². The van der Waals surface area contributed by atoms with Gasteiger partial charge in [-0.3, -0.25) is 0 Å². The van der Waals surface area contributed by atoms with Crippen molar-refractivity contribution < 1.29 is 0 Å². The topological polar surface area (TPSA) is 17.3 Å². The van der Waals surface area contributed by atoms with Gasteiger partial charge in [0, 0.05) is 12.6 Å². The monoisotopic (exact) mass is 160 g/mol. The Kier molecular flexibility index (Phi) is 1.61. The van der Waals surface area contributed by atoms with Gasteiger partial charge in [-0.15, -0.1) is 0 Å². The van der Waals surface area contributed by atoms with Crippen molar-refractivity contribution in [2.75, 3.05) is 0 Å². The minimum atomic E-state index is 0.985. The molecule has 0 radical (unpaired) electrons. The summed E-state index contributed by atoms with van der Waals surface area (Å²) in [6, 6.07) is 6.18. The minimum Gasteiger partial charge on any atom is -0.303 e. The molecule has 0 fully saturated rings. The fourth-order valence-corrected chi connectivity index (χ4v) is 1.52. The Morgan fingerprint density at radius 3 is 3.00 bits per heavy atom. The molecule has 0 N–H and O–H groups in total. The van der Waals surface area contributed by atoms with Crippen LogP contribution in [0, 0.1) is 6.92 Å². The second-order valence-electron chi connectivity index (χ2n) is 2.92. The number of hydrogen-bond donors (Lipinski definition) is 0. The Bertz CT molecular complexity index is 401. The minimum absolute atomic E-state index is 0.985. The highest BCUT2D eigenvalue weighted by Gasteiger charge is 2.03. The number of aromatic nitrogens is 2.